The lowest BCUT2D eigenvalue weighted by molar-refractivity contribution is -0.121. The van der Waals surface area contributed by atoms with Crippen LogP contribution in [0.3, 0.4) is 0 Å². The van der Waals surface area contributed by atoms with Crippen molar-refractivity contribution in [1.29, 1.82) is 0 Å². The number of carbonyl (C=O) groups is 2. The maximum atomic E-state index is 11.8. The van der Waals surface area contributed by atoms with E-state index < -0.39 is 0 Å². The van der Waals surface area contributed by atoms with Crippen LogP contribution in [-0.4, -0.2) is 30.9 Å². The normalized spacial score (nSPS) is 17.6. The van der Waals surface area contributed by atoms with Gasteiger partial charge in [-0.05, 0) is 6.07 Å². The number of nitrogens with zero attached hydrogens (tertiary/aromatic N) is 1. The topological polar surface area (TPSA) is 46.6 Å². The molecule has 0 spiro atoms. The van der Waals surface area contributed by atoms with Gasteiger partial charge in [-0.15, -0.1) is 0 Å². The lowest BCUT2D eigenvalue weighted by Gasteiger charge is -2.24. The molecule has 0 saturated heterocycles. The van der Waals surface area contributed by atoms with Crippen molar-refractivity contribution >= 4 is 17.4 Å². The van der Waals surface area contributed by atoms with Crippen LogP contribution < -0.4 is 0 Å². The zero-order chi connectivity index (χ0) is 11.7. The summed E-state index contributed by atoms with van der Waals surface area (Å²) < 4.78 is 4.87. The van der Waals surface area contributed by atoms with E-state index in [9.17, 15) is 9.59 Å². The molecule has 16 heavy (non-hydrogen) atoms. The van der Waals surface area contributed by atoms with Crippen LogP contribution in [0.4, 0.5) is 0 Å². The van der Waals surface area contributed by atoms with Crippen molar-refractivity contribution in [2.75, 3.05) is 14.2 Å². The van der Waals surface area contributed by atoms with Crippen molar-refractivity contribution < 1.29 is 14.3 Å². The number of carbonyl (C=O) groups excluding carboxylic acids is 2. The highest BCUT2D eigenvalue weighted by Crippen LogP contribution is 2.27. The third kappa shape index (κ3) is 1.39. The summed E-state index contributed by atoms with van der Waals surface area (Å²) in [5.74, 6) is -0.626. The second kappa shape index (κ2) is 3.81. The molecule has 1 heterocycles. The standard InChI is InChI=1S/C12H11NO3/c1-13-11(14)9-6-4-3-5-8(9)10(7-16-2)12(13)15/h3-7H,1-2H3/b10-7+. The molecule has 0 aromatic heterocycles. The molecule has 4 nitrogen and oxygen atoms in total. The Labute approximate surface area is 93.1 Å². The average Bonchev–Trinajstić information content (AvgIpc) is 2.32. The zero-order valence-electron chi connectivity index (χ0n) is 9.06. The largest absolute Gasteiger partial charge is 0.504 e. The van der Waals surface area contributed by atoms with Crippen molar-refractivity contribution in [3.63, 3.8) is 0 Å². The molecule has 0 saturated carbocycles. The van der Waals surface area contributed by atoms with Gasteiger partial charge < -0.3 is 4.74 Å². The number of hydrogen-bond donors (Lipinski definition) is 0. The van der Waals surface area contributed by atoms with Crippen LogP contribution in [0.2, 0.25) is 0 Å². The molecular formula is C12H11NO3. The van der Waals surface area contributed by atoms with E-state index in [-0.39, 0.29) is 11.8 Å². The van der Waals surface area contributed by atoms with Crippen molar-refractivity contribution in [1.82, 2.24) is 4.90 Å². The monoisotopic (exact) mass is 217 g/mol. The molecule has 0 fully saturated rings. The van der Waals surface area contributed by atoms with Crippen LogP contribution in [0.5, 0.6) is 0 Å². The lowest BCUT2D eigenvalue weighted by Crippen LogP contribution is -2.38. The number of likely N-dealkylation sites (N-methyl/N-ethyl adjacent to an activating group) is 1. The molecule has 1 aliphatic heterocycles. The van der Waals surface area contributed by atoms with Crippen molar-refractivity contribution in [3.05, 3.63) is 41.7 Å². The van der Waals surface area contributed by atoms with E-state index in [4.69, 9.17) is 4.74 Å². The Morgan fingerprint density at radius 1 is 1.12 bits per heavy atom. The van der Waals surface area contributed by atoms with E-state index in [1.807, 2.05) is 0 Å². The molecule has 1 aromatic rings. The highest BCUT2D eigenvalue weighted by Gasteiger charge is 2.32. The average molecular weight is 217 g/mol. The maximum Gasteiger partial charge on any atom is 0.264 e. The molecular weight excluding hydrogens is 206 g/mol. The van der Waals surface area contributed by atoms with E-state index in [2.05, 4.69) is 0 Å². The SMILES string of the molecule is CO/C=C1/C(=O)N(C)C(=O)c2ccccc21. The van der Waals surface area contributed by atoms with Gasteiger partial charge in [-0.1, -0.05) is 18.2 Å². The van der Waals surface area contributed by atoms with Crippen LogP contribution in [0.15, 0.2) is 30.5 Å². The minimum absolute atomic E-state index is 0.283. The number of benzene rings is 1. The molecule has 2 amide bonds. The van der Waals surface area contributed by atoms with Gasteiger partial charge in [-0.25, -0.2) is 0 Å². The fourth-order valence-corrected chi connectivity index (χ4v) is 1.71. The number of rotatable bonds is 1. The van der Waals surface area contributed by atoms with Crippen molar-refractivity contribution in [2.45, 2.75) is 0 Å². The molecule has 1 aromatic carbocycles. The van der Waals surface area contributed by atoms with E-state index in [1.165, 1.54) is 20.4 Å². The maximum absolute atomic E-state index is 11.8. The second-order valence-electron chi connectivity index (χ2n) is 3.48. The molecule has 0 aliphatic carbocycles. The minimum atomic E-state index is -0.342. The van der Waals surface area contributed by atoms with E-state index in [1.54, 1.807) is 24.3 Å². The molecule has 0 unspecified atom stereocenters. The van der Waals surface area contributed by atoms with Gasteiger partial charge in [0.15, 0.2) is 0 Å². The summed E-state index contributed by atoms with van der Waals surface area (Å²) in [5, 5.41) is 0. The van der Waals surface area contributed by atoms with E-state index in [0.717, 1.165) is 4.90 Å². The quantitative estimate of drug-likeness (QED) is 0.404. The number of methoxy groups -OCH3 is 1. The highest BCUT2D eigenvalue weighted by molar-refractivity contribution is 6.30. The van der Waals surface area contributed by atoms with Gasteiger partial charge in [0.1, 0.15) is 0 Å². The van der Waals surface area contributed by atoms with Gasteiger partial charge in [-0.2, -0.15) is 0 Å². The van der Waals surface area contributed by atoms with Crippen LogP contribution in [0.25, 0.3) is 5.57 Å². The number of amides is 2. The predicted octanol–water partition coefficient (Wildman–Crippen LogP) is 1.29. The Bertz CT molecular complexity index is 491. The second-order valence-corrected chi connectivity index (χ2v) is 3.48. The smallest absolute Gasteiger partial charge is 0.264 e. The fourth-order valence-electron chi connectivity index (χ4n) is 1.71. The number of hydrogen-bond acceptors (Lipinski definition) is 3. The predicted molar refractivity (Wildman–Crippen MR) is 58.5 cm³/mol. The molecule has 4 heteroatoms. The first-order valence-corrected chi connectivity index (χ1v) is 4.81. The first-order valence-electron chi connectivity index (χ1n) is 4.81. The summed E-state index contributed by atoms with van der Waals surface area (Å²) in [7, 11) is 2.93. The zero-order valence-corrected chi connectivity index (χ0v) is 9.06. The molecule has 0 N–H and O–H groups in total. The Balaban J connectivity index is 2.66. The van der Waals surface area contributed by atoms with Crippen LogP contribution in [0.1, 0.15) is 15.9 Å². The van der Waals surface area contributed by atoms with Gasteiger partial charge in [0.2, 0.25) is 0 Å². The summed E-state index contributed by atoms with van der Waals surface area (Å²) in [6, 6.07) is 6.99. The summed E-state index contributed by atoms with van der Waals surface area (Å²) in [6.45, 7) is 0. The Kier molecular flexibility index (Phi) is 2.48. The molecule has 1 aliphatic rings. The molecule has 0 bridgehead atoms. The molecule has 0 radical (unpaired) electrons. The van der Waals surface area contributed by atoms with Gasteiger partial charge in [-0.3, -0.25) is 14.5 Å². The van der Waals surface area contributed by atoms with Gasteiger partial charge >= 0.3 is 0 Å². The fraction of sp³-hybridized carbons (Fsp3) is 0.167. The molecule has 0 atom stereocenters. The summed E-state index contributed by atoms with van der Waals surface area (Å²) in [5.41, 5.74) is 1.55. The minimum Gasteiger partial charge on any atom is -0.504 e. The first kappa shape index (κ1) is 10.4. The summed E-state index contributed by atoms with van der Waals surface area (Å²) >= 11 is 0. The Morgan fingerprint density at radius 3 is 2.38 bits per heavy atom. The third-order valence-corrected chi connectivity index (χ3v) is 2.52. The van der Waals surface area contributed by atoms with Crippen LogP contribution in [-0.2, 0) is 9.53 Å². The molecule has 2 rings (SSSR count). The van der Waals surface area contributed by atoms with Crippen LogP contribution in [0, 0.1) is 0 Å². The van der Waals surface area contributed by atoms with Crippen molar-refractivity contribution in [3.8, 4) is 0 Å². The number of fused-ring (bicyclic) bond motifs is 1. The van der Waals surface area contributed by atoms with Crippen molar-refractivity contribution in [2.24, 2.45) is 0 Å². The number of imide groups is 1. The van der Waals surface area contributed by atoms with Gasteiger partial charge in [0, 0.05) is 18.2 Å². The highest BCUT2D eigenvalue weighted by atomic mass is 16.5. The van der Waals surface area contributed by atoms with Gasteiger partial charge in [0.05, 0.1) is 18.9 Å². The number of ether oxygens (including phenoxy) is 1. The lowest BCUT2D eigenvalue weighted by atomic mass is 9.95. The van der Waals surface area contributed by atoms with Crippen LogP contribution >= 0.6 is 0 Å². The summed E-state index contributed by atoms with van der Waals surface area (Å²) in [4.78, 5) is 24.7. The Hall–Kier alpha value is -2.10. The molecule has 82 valence electrons. The van der Waals surface area contributed by atoms with E-state index >= 15 is 0 Å². The third-order valence-electron chi connectivity index (χ3n) is 2.52. The Morgan fingerprint density at radius 2 is 1.75 bits per heavy atom. The first-order chi connectivity index (χ1) is 7.66. The van der Waals surface area contributed by atoms with Gasteiger partial charge in [0.25, 0.3) is 11.8 Å². The summed E-state index contributed by atoms with van der Waals surface area (Å²) in [6.07, 6.45) is 1.37. The van der Waals surface area contributed by atoms with E-state index in [0.29, 0.717) is 16.7 Å².